The summed E-state index contributed by atoms with van der Waals surface area (Å²) in [4.78, 5) is 13.6. The van der Waals surface area contributed by atoms with Gasteiger partial charge < -0.3 is 24.9 Å². The number of rotatable bonds is 5. The summed E-state index contributed by atoms with van der Waals surface area (Å²) in [6.07, 6.45) is 3.52. The molecule has 26 heavy (non-hydrogen) atoms. The zero-order valence-corrected chi connectivity index (χ0v) is 14.8. The summed E-state index contributed by atoms with van der Waals surface area (Å²) in [7, 11) is 1.66. The fourth-order valence-corrected chi connectivity index (χ4v) is 3.53. The molecule has 3 aromatic heterocycles. The number of anilines is 1. The van der Waals surface area contributed by atoms with Crippen LogP contribution in [-0.2, 0) is 22.4 Å². The van der Waals surface area contributed by atoms with Gasteiger partial charge in [-0.15, -0.1) is 0 Å². The van der Waals surface area contributed by atoms with Gasteiger partial charge in [-0.05, 0) is 12.1 Å². The number of aromatic nitrogens is 4. The van der Waals surface area contributed by atoms with Crippen molar-refractivity contribution >= 4 is 27.9 Å². The van der Waals surface area contributed by atoms with Crippen molar-refractivity contribution in [2.45, 2.75) is 31.4 Å². The summed E-state index contributed by atoms with van der Waals surface area (Å²) in [5.41, 5.74) is 8.23. The van der Waals surface area contributed by atoms with Crippen LogP contribution in [0.2, 0.25) is 0 Å². The van der Waals surface area contributed by atoms with E-state index in [1.165, 1.54) is 0 Å². The van der Waals surface area contributed by atoms with Gasteiger partial charge >= 0.3 is 0 Å². The maximum absolute atomic E-state index is 11.1. The SMILES string of the molecule is COCCc1nc2c(N)nc3cccnc3c2n1CC1(O)CCOCC1. The van der Waals surface area contributed by atoms with Crippen LogP contribution in [-0.4, -0.2) is 57.2 Å². The van der Waals surface area contributed by atoms with E-state index >= 15 is 0 Å². The van der Waals surface area contributed by atoms with Crippen molar-refractivity contribution in [1.29, 1.82) is 0 Å². The molecule has 8 nitrogen and oxygen atoms in total. The summed E-state index contributed by atoms with van der Waals surface area (Å²) >= 11 is 0. The Kier molecular flexibility index (Phi) is 4.47. The molecule has 0 aromatic carbocycles. The minimum atomic E-state index is -0.840. The minimum Gasteiger partial charge on any atom is -0.388 e. The van der Waals surface area contributed by atoms with Gasteiger partial charge in [0.2, 0.25) is 0 Å². The van der Waals surface area contributed by atoms with E-state index in [0.29, 0.717) is 57.0 Å². The average Bonchev–Trinajstić information content (AvgIpc) is 2.99. The highest BCUT2D eigenvalue weighted by molar-refractivity contribution is 6.04. The van der Waals surface area contributed by atoms with Crippen LogP contribution in [0.4, 0.5) is 5.82 Å². The minimum absolute atomic E-state index is 0.372. The first kappa shape index (κ1) is 17.1. The second kappa shape index (κ2) is 6.79. The molecule has 4 heterocycles. The van der Waals surface area contributed by atoms with Gasteiger partial charge in [-0.2, -0.15) is 0 Å². The molecule has 3 aromatic rings. The molecule has 0 amide bonds. The molecule has 1 saturated heterocycles. The van der Waals surface area contributed by atoms with E-state index < -0.39 is 5.60 Å². The van der Waals surface area contributed by atoms with E-state index in [1.807, 2.05) is 16.7 Å². The Labute approximate surface area is 151 Å². The molecule has 1 fully saturated rings. The lowest BCUT2D eigenvalue weighted by molar-refractivity contribution is -0.0726. The molecule has 0 radical (unpaired) electrons. The number of imidazole rings is 1. The smallest absolute Gasteiger partial charge is 0.152 e. The van der Waals surface area contributed by atoms with Crippen LogP contribution < -0.4 is 5.73 Å². The molecular weight excluding hydrogens is 334 g/mol. The van der Waals surface area contributed by atoms with Crippen molar-refractivity contribution in [3.63, 3.8) is 0 Å². The maximum atomic E-state index is 11.1. The van der Waals surface area contributed by atoms with Gasteiger partial charge in [0.15, 0.2) is 5.82 Å². The van der Waals surface area contributed by atoms with Crippen LogP contribution in [0.15, 0.2) is 18.3 Å². The Hall–Kier alpha value is -2.29. The largest absolute Gasteiger partial charge is 0.388 e. The van der Waals surface area contributed by atoms with Gasteiger partial charge in [0.25, 0.3) is 0 Å². The van der Waals surface area contributed by atoms with Crippen LogP contribution in [0.3, 0.4) is 0 Å². The molecule has 0 atom stereocenters. The number of hydrogen-bond donors (Lipinski definition) is 2. The van der Waals surface area contributed by atoms with Crippen LogP contribution in [0, 0.1) is 0 Å². The number of nitrogen functional groups attached to an aromatic ring is 1. The molecule has 1 aliphatic heterocycles. The average molecular weight is 357 g/mol. The zero-order chi connectivity index (χ0) is 18.1. The third-order valence-electron chi connectivity index (χ3n) is 4.95. The summed E-state index contributed by atoms with van der Waals surface area (Å²) in [5, 5.41) is 11.1. The monoisotopic (exact) mass is 357 g/mol. The van der Waals surface area contributed by atoms with Crippen LogP contribution >= 0.6 is 0 Å². The Morgan fingerprint density at radius 3 is 2.88 bits per heavy atom. The standard InChI is InChI=1S/C18H23N5O3/c1-25-8-4-13-22-15-16(14-12(21-17(15)19)3-2-7-20-14)23(13)11-18(24)5-9-26-10-6-18/h2-3,7,24H,4-6,8-11H2,1H3,(H2,19,21). The van der Waals surface area contributed by atoms with E-state index in [0.717, 1.165) is 22.4 Å². The van der Waals surface area contributed by atoms with E-state index in [4.69, 9.17) is 20.2 Å². The Bertz CT molecular complexity index is 933. The van der Waals surface area contributed by atoms with Gasteiger partial charge in [0.1, 0.15) is 22.4 Å². The van der Waals surface area contributed by atoms with Gasteiger partial charge in [0, 0.05) is 45.8 Å². The second-order valence-electron chi connectivity index (χ2n) is 6.76. The van der Waals surface area contributed by atoms with Crippen molar-refractivity contribution in [1.82, 2.24) is 19.5 Å². The predicted octanol–water partition coefficient (Wildman–Crippen LogP) is 1.29. The lowest BCUT2D eigenvalue weighted by Gasteiger charge is -2.33. The number of hydrogen-bond acceptors (Lipinski definition) is 7. The van der Waals surface area contributed by atoms with Crippen molar-refractivity contribution in [3.8, 4) is 0 Å². The number of ether oxygens (including phenoxy) is 2. The second-order valence-corrected chi connectivity index (χ2v) is 6.76. The highest BCUT2D eigenvalue weighted by Gasteiger charge is 2.32. The third kappa shape index (κ3) is 3.00. The summed E-state index contributed by atoms with van der Waals surface area (Å²) in [5.74, 6) is 1.19. The third-order valence-corrected chi connectivity index (χ3v) is 4.95. The first-order chi connectivity index (χ1) is 12.6. The van der Waals surface area contributed by atoms with E-state index in [2.05, 4.69) is 9.97 Å². The van der Waals surface area contributed by atoms with Crippen LogP contribution in [0.25, 0.3) is 22.1 Å². The molecule has 0 bridgehead atoms. The molecule has 0 saturated carbocycles. The molecule has 4 rings (SSSR count). The first-order valence-electron chi connectivity index (χ1n) is 8.80. The first-order valence-corrected chi connectivity index (χ1v) is 8.80. The molecule has 0 spiro atoms. The Morgan fingerprint density at radius 1 is 1.31 bits per heavy atom. The summed E-state index contributed by atoms with van der Waals surface area (Å²) in [6, 6.07) is 3.71. The fraction of sp³-hybridized carbons (Fsp3) is 0.500. The quantitative estimate of drug-likeness (QED) is 0.708. The highest BCUT2D eigenvalue weighted by atomic mass is 16.5. The van der Waals surface area contributed by atoms with E-state index in [-0.39, 0.29) is 0 Å². The molecule has 0 unspecified atom stereocenters. The fourth-order valence-electron chi connectivity index (χ4n) is 3.53. The lowest BCUT2D eigenvalue weighted by Crippen LogP contribution is -2.40. The number of fused-ring (bicyclic) bond motifs is 3. The Balaban J connectivity index is 1.91. The molecular formula is C18H23N5O3. The van der Waals surface area contributed by atoms with Crippen LogP contribution in [0.5, 0.6) is 0 Å². The van der Waals surface area contributed by atoms with Crippen molar-refractivity contribution in [2.75, 3.05) is 32.7 Å². The summed E-state index contributed by atoms with van der Waals surface area (Å²) in [6.45, 7) is 2.06. The molecule has 138 valence electrons. The van der Waals surface area contributed by atoms with Crippen molar-refractivity contribution < 1.29 is 14.6 Å². The number of pyridine rings is 2. The predicted molar refractivity (Wildman–Crippen MR) is 97.8 cm³/mol. The molecule has 1 aliphatic rings. The summed E-state index contributed by atoms with van der Waals surface area (Å²) < 4.78 is 12.7. The normalized spacial score (nSPS) is 17.2. The van der Waals surface area contributed by atoms with Gasteiger partial charge in [-0.25, -0.2) is 9.97 Å². The van der Waals surface area contributed by atoms with Crippen LogP contribution in [0.1, 0.15) is 18.7 Å². The number of aliphatic hydroxyl groups is 1. The van der Waals surface area contributed by atoms with Gasteiger partial charge in [-0.1, -0.05) is 0 Å². The van der Waals surface area contributed by atoms with Crippen molar-refractivity contribution in [3.05, 3.63) is 24.2 Å². The van der Waals surface area contributed by atoms with E-state index in [1.54, 1.807) is 13.3 Å². The molecule has 8 heteroatoms. The van der Waals surface area contributed by atoms with E-state index in [9.17, 15) is 5.11 Å². The zero-order valence-electron chi connectivity index (χ0n) is 14.8. The van der Waals surface area contributed by atoms with Gasteiger partial charge in [-0.3, -0.25) is 4.98 Å². The number of methoxy groups -OCH3 is 1. The van der Waals surface area contributed by atoms with Crippen molar-refractivity contribution in [2.24, 2.45) is 0 Å². The Morgan fingerprint density at radius 2 is 2.12 bits per heavy atom. The number of nitrogens with zero attached hydrogens (tertiary/aromatic N) is 4. The maximum Gasteiger partial charge on any atom is 0.152 e. The lowest BCUT2D eigenvalue weighted by atomic mass is 9.94. The highest BCUT2D eigenvalue weighted by Crippen LogP contribution is 2.31. The molecule has 3 N–H and O–H groups in total. The van der Waals surface area contributed by atoms with Gasteiger partial charge in [0.05, 0.1) is 24.3 Å². The molecule has 0 aliphatic carbocycles. The number of nitrogens with two attached hydrogens (primary N) is 1. The topological polar surface area (TPSA) is 108 Å².